The van der Waals surface area contributed by atoms with Crippen LogP contribution in [0.3, 0.4) is 0 Å². The van der Waals surface area contributed by atoms with E-state index in [1.165, 1.54) is 0 Å². The fourth-order valence-electron chi connectivity index (χ4n) is 2.42. The number of rotatable bonds is 0. The van der Waals surface area contributed by atoms with Crippen LogP contribution in [0.1, 0.15) is 118 Å². The average molecular weight is 508 g/mol. The Balaban J connectivity index is -0.000000413. The van der Waals surface area contributed by atoms with E-state index in [0.29, 0.717) is 5.41 Å². The van der Waals surface area contributed by atoms with Crippen molar-refractivity contribution in [2.45, 2.75) is 137 Å². The van der Waals surface area contributed by atoms with E-state index in [4.69, 9.17) is 0 Å². The van der Waals surface area contributed by atoms with Crippen LogP contribution in [0.15, 0.2) is 0 Å². The molecule has 0 radical (unpaired) electrons. The average Bonchev–Trinajstić information content (AvgIpc) is 3.28. The summed E-state index contributed by atoms with van der Waals surface area (Å²) in [4.78, 5) is 0. The Morgan fingerprint density at radius 1 is 0.500 bits per heavy atom. The Morgan fingerprint density at radius 2 is 0.750 bits per heavy atom. The second-order valence-corrected chi connectivity index (χ2v) is 12.2. The van der Waals surface area contributed by atoms with Crippen LogP contribution in [0.2, 0.25) is 0 Å². The number of aryl methyl sites for hydroxylation is 4. The quantitative estimate of drug-likeness (QED) is 0.350. The standard InChI is InChI=1S/2C8H15N3.C5H12.C4H7N3.2CH4/c2*1-6-7(2)11(10-9-6)8(3,4)5;1-5(2,3)4;1-3-4(2)6-7-5-3;;/h2*1-5H3;1-4H3;1-2H3,(H,5,6,7);2*1H4. The number of hydrogen-bond donors (Lipinski definition) is 1. The van der Waals surface area contributed by atoms with E-state index >= 15 is 0 Å². The molecule has 0 atom stereocenters. The zero-order valence-electron chi connectivity index (χ0n) is 24.6. The second-order valence-electron chi connectivity index (χ2n) is 12.2. The molecule has 0 fully saturated rings. The number of aromatic nitrogens is 9. The number of nitrogens with zero attached hydrogens (tertiary/aromatic N) is 8. The molecule has 0 aromatic carbocycles. The molecule has 9 nitrogen and oxygen atoms in total. The van der Waals surface area contributed by atoms with Crippen LogP contribution in [-0.4, -0.2) is 45.4 Å². The van der Waals surface area contributed by atoms with Crippen molar-refractivity contribution in [2.24, 2.45) is 5.41 Å². The van der Waals surface area contributed by atoms with Crippen LogP contribution in [0.25, 0.3) is 0 Å². The normalized spacial score (nSPS) is 10.9. The fourth-order valence-corrected chi connectivity index (χ4v) is 2.42. The van der Waals surface area contributed by atoms with E-state index in [-0.39, 0.29) is 25.9 Å². The third-order valence-electron chi connectivity index (χ3n) is 4.48. The monoisotopic (exact) mass is 507 g/mol. The Kier molecular flexibility index (Phi) is 15.7. The Morgan fingerprint density at radius 3 is 0.833 bits per heavy atom. The Hall–Kier alpha value is -2.58. The zero-order chi connectivity index (χ0) is 27.1. The second kappa shape index (κ2) is 14.9. The van der Waals surface area contributed by atoms with E-state index in [0.717, 1.165) is 34.2 Å². The van der Waals surface area contributed by atoms with Gasteiger partial charge in [-0.05, 0) is 88.5 Å². The molecule has 0 aliphatic carbocycles. The van der Waals surface area contributed by atoms with Gasteiger partial charge in [-0.25, -0.2) is 9.36 Å². The van der Waals surface area contributed by atoms with E-state index in [9.17, 15) is 0 Å². The first-order valence-electron chi connectivity index (χ1n) is 11.8. The highest BCUT2D eigenvalue weighted by atomic mass is 15.5. The summed E-state index contributed by atoms with van der Waals surface area (Å²) in [6.45, 7) is 33.3. The molecule has 0 aliphatic heterocycles. The minimum atomic E-state index is 0. The molecule has 0 amide bonds. The maximum Gasteiger partial charge on any atom is 0.0825 e. The molecule has 3 aromatic rings. The first kappa shape index (κ1) is 38.0. The minimum absolute atomic E-state index is 0. The first-order chi connectivity index (χ1) is 15.2. The smallest absolute Gasteiger partial charge is 0.0825 e. The summed E-state index contributed by atoms with van der Waals surface area (Å²) >= 11 is 0. The van der Waals surface area contributed by atoms with Gasteiger partial charge in [-0.2, -0.15) is 15.4 Å². The summed E-state index contributed by atoms with van der Waals surface area (Å²) in [6, 6.07) is 0. The molecule has 0 aliphatic rings. The van der Waals surface area contributed by atoms with Crippen LogP contribution < -0.4 is 0 Å². The van der Waals surface area contributed by atoms with Gasteiger partial charge >= 0.3 is 0 Å². The predicted molar refractivity (Wildman–Crippen MR) is 153 cm³/mol. The molecule has 0 saturated heterocycles. The van der Waals surface area contributed by atoms with Crippen LogP contribution >= 0.6 is 0 Å². The lowest BCUT2D eigenvalue weighted by atomic mass is 10.0. The van der Waals surface area contributed by atoms with Crippen molar-refractivity contribution in [3.05, 3.63) is 34.2 Å². The molecule has 36 heavy (non-hydrogen) atoms. The third-order valence-corrected chi connectivity index (χ3v) is 4.48. The van der Waals surface area contributed by atoms with Gasteiger partial charge in [0, 0.05) is 0 Å². The van der Waals surface area contributed by atoms with Crippen LogP contribution in [0, 0.1) is 47.0 Å². The van der Waals surface area contributed by atoms with Crippen molar-refractivity contribution in [3.8, 4) is 0 Å². The van der Waals surface area contributed by atoms with E-state index in [1.807, 2.05) is 50.9 Å². The molecule has 0 saturated carbocycles. The molecule has 1 N–H and O–H groups in total. The van der Waals surface area contributed by atoms with Gasteiger partial charge in [0.2, 0.25) is 0 Å². The maximum absolute atomic E-state index is 4.05. The number of hydrogen-bond acceptors (Lipinski definition) is 6. The van der Waals surface area contributed by atoms with E-state index in [2.05, 4.69) is 105 Å². The van der Waals surface area contributed by atoms with Crippen molar-refractivity contribution >= 4 is 0 Å². The van der Waals surface area contributed by atoms with Crippen molar-refractivity contribution in [2.75, 3.05) is 0 Å². The van der Waals surface area contributed by atoms with Crippen LogP contribution in [0.4, 0.5) is 0 Å². The lowest BCUT2D eigenvalue weighted by Gasteiger charge is -2.19. The maximum atomic E-state index is 4.05. The van der Waals surface area contributed by atoms with Crippen LogP contribution in [-0.2, 0) is 11.1 Å². The van der Waals surface area contributed by atoms with E-state index < -0.39 is 0 Å². The molecule has 3 heterocycles. The Labute approximate surface area is 221 Å². The largest absolute Gasteiger partial charge is 0.244 e. The highest BCUT2D eigenvalue weighted by molar-refractivity contribution is 5.07. The Bertz CT molecular complexity index is 909. The molecule has 3 aromatic heterocycles. The van der Waals surface area contributed by atoms with Crippen molar-refractivity contribution in [1.82, 2.24) is 45.4 Å². The summed E-state index contributed by atoms with van der Waals surface area (Å²) in [5.74, 6) is 0. The predicted octanol–water partition coefficient (Wildman–Crippen LogP) is 7.05. The molecule has 0 spiro atoms. The summed E-state index contributed by atoms with van der Waals surface area (Å²) < 4.78 is 3.89. The highest BCUT2D eigenvalue weighted by Gasteiger charge is 2.18. The van der Waals surface area contributed by atoms with Gasteiger partial charge in [0.25, 0.3) is 0 Å². The van der Waals surface area contributed by atoms with Gasteiger partial charge in [0.05, 0.1) is 45.2 Å². The molecule has 3 rings (SSSR count). The van der Waals surface area contributed by atoms with Gasteiger partial charge in [-0.3, -0.25) is 0 Å². The van der Waals surface area contributed by atoms with Crippen molar-refractivity contribution in [1.29, 1.82) is 0 Å². The molecule has 0 bridgehead atoms. The lowest BCUT2D eigenvalue weighted by molar-refractivity contribution is 0.339. The molecular weight excluding hydrogens is 450 g/mol. The lowest BCUT2D eigenvalue weighted by Crippen LogP contribution is -2.24. The van der Waals surface area contributed by atoms with E-state index in [1.54, 1.807) is 0 Å². The molecule has 0 unspecified atom stereocenters. The van der Waals surface area contributed by atoms with Gasteiger partial charge < -0.3 is 0 Å². The minimum Gasteiger partial charge on any atom is -0.244 e. The van der Waals surface area contributed by atoms with Crippen molar-refractivity contribution in [3.63, 3.8) is 0 Å². The van der Waals surface area contributed by atoms with Gasteiger partial charge in [0.15, 0.2) is 0 Å². The SMILES string of the molecule is C.C.CC(C)(C)C.Cc1n[nH]nc1C.Cc1nnn(C(C)(C)C)c1C.Cc1nnn(C(C)(C)C)c1C. The number of aromatic amines is 1. The summed E-state index contributed by atoms with van der Waals surface area (Å²) in [6.07, 6.45) is 0. The molecular formula is C27H57N9. The van der Waals surface area contributed by atoms with Gasteiger partial charge in [-0.15, -0.1) is 10.2 Å². The van der Waals surface area contributed by atoms with Crippen molar-refractivity contribution < 1.29 is 0 Å². The van der Waals surface area contributed by atoms with Crippen LogP contribution in [0.5, 0.6) is 0 Å². The summed E-state index contributed by atoms with van der Waals surface area (Å²) in [5.41, 5.74) is 6.87. The molecule has 9 heteroatoms. The number of nitrogens with one attached hydrogen (secondary N) is 1. The number of H-pyrrole nitrogens is 1. The summed E-state index contributed by atoms with van der Waals surface area (Å²) in [5, 5.41) is 26.2. The molecule has 210 valence electrons. The summed E-state index contributed by atoms with van der Waals surface area (Å²) in [7, 11) is 0. The topological polar surface area (TPSA) is 103 Å². The highest BCUT2D eigenvalue weighted by Crippen LogP contribution is 2.16. The fraction of sp³-hybridized carbons (Fsp3) is 0.778. The first-order valence-corrected chi connectivity index (χ1v) is 11.8. The third kappa shape index (κ3) is 14.1. The van der Waals surface area contributed by atoms with Gasteiger partial charge in [-0.1, -0.05) is 53.0 Å². The zero-order valence-corrected chi connectivity index (χ0v) is 24.6. The van der Waals surface area contributed by atoms with Gasteiger partial charge in [0.1, 0.15) is 0 Å².